The minimum Gasteiger partial charge on any atom is -0.0990 e. The predicted octanol–water partition coefficient (Wildman–Crippen LogP) is 5.42. The third kappa shape index (κ3) is 1.90. The largest absolute Gasteiger partial charge is 0.0990 e. The fraction of sp³-hybridized carbons (Fsp3) is 0. The van der Waals surface area contributed by atoms with E-state index in [1.165, 1.54) is 26.5 Å². The molecule has 2 aromatic carbocycles. The number of hydrogen-bond acceptors (Lipinski definition) is 1. The summed E-state index contributed by atoms with van der Waals surface area (Å²) in [5.41, 5.74) is 3.63. The molecule has 0 spiro atoms. The van der Waals surface area contributed by atoms with Crippen molar-refractivity contribution in [2.24, 2.45) is 0 Å². The fourth-order valence-electron chi connectivity index (χ4n) is 2.14. The Bertz CT molecular complexity index is 656. The lowest BCUT2D eigenvalue weighted by molar-refractivity contribution is 1.29. The molecule has 3 rings (SSSR count). The molecule has 18 heavy (non-hydrogen) atoms. The summed E-state index contributed by atoms with van der Waals surface area (Å²) in [5, 5.41) is 0.767. The average molecular weight is 271 g/mol. The molecule has 0 aliphatic carbocycles. The molecule has 0 unspecified atom stereocenters. The Morgan fingerprint density at radius 1 is 1.00 bits per heavy atom. The van der Waals surface area contributed by atoms with Gasteiger partial charge in [0.1, 0.15) is 0 Å². The lowest BCUT2D eigenvalue weighted by Gasteiger charge is -2.21. The van der Waals surface area contributed by atoms with Crippen molar-refractivity contribution >= 4 is 28.9 Å². The SMILES string of the molecule is C=CC=C1c2ccccc2Sc2ccc(Cl)cc21. The summed E-state index contributed by atoms with van der Waals surface area (Å²) >= 11 is 7.89. The molecule has 1 aliphatic rings. The number of allylic oxidation sites excluding steroid dienone is 2. The number of hydrogen-bond donors (Lipinski definition) is 0. The molecule has 1 aliphatic heterocycles. The molecule has 0 bridgehead atoms. The number of rotatable bonds is 1. The van der Waals surface area contributed by atoms with E-state index in [1.54, 1.807) is 11.8 Å². The van der Waals surface area contributed by atoms with Gasteiger partial charge in [-0.2, -0.15) is 0 Å². The molecule has 0 saturated heterocycles. The second kappa shape index (κ2) is 4.68. The highest BCUT2D eigenvalue weighted by Crippen LogP contribution is 2.45. The highest BCUT2D eigenvalue weighted by Gasteiger charge is 2.20. The molecule has 0 aromatic heterocycles. The van der Waals surface area contributed by atoms with Gasteiger partial charge < -0.3 is 0 Å². The van der Waals surface area contributed by atoms with Crippen molar-refractivity contribution in [1.82, 2.24) is 0 Å². The molecule has 2 heteroatoms. The molecule has 0 amide bonds. The lowest BCUT2D eigenvalue weighted by atomic mass is 9.97. The molecular formula is C16H11ClS. The monoisotopic (exact) mass is 270 g/mol. The van der Waals surface area contributed by atoms with Gasteiger partial charge in [0.2, 0.25) is 0 Å². The predicted molar refractivity (Wildman–Crippen MR) is 79.3 cm³/mol. The first-order chi connectivity index (χ1) is 8.79. The van der Waals surface area contributed by atoms with Gasteiger partial charge in [0, 0.05) is 14.8 Å². The normalized spacial score (nSPS) is 15.1. The van der Waals surface area contributed by atoms with Gasteiger partial charge in [-0.05, 0) is 41.0 Å². The summed E-state index contributed by atoms with van der Waals surface area (Å²) in [6.45, 7) is 3.81. The maximum Gasteiger partial charge on any atom is 0.0412 e. The third-order valence-electron chi connectivity index (χ3n) is 2.91. The zero-order valence-electron chi connectivity index (χ0n) is 9.69. The van der Waals surface area contributed by atoms with Crippen molar-refractivity contribution in [2.45, 2.75) is 9.79 Å². The van der Waals surface area contributed by atoms with Crippen LogP contribution < -0.4 is 0 Å². The standard InChI is InChI=1S/C16H11ClS/c1-2-5-12-13-6-3-4-7-15(13)18-16-9-8-11(17)10-14(12)16/h2-10H,1H2. The Hall–Kier alpha value is -1.44. The van der Waals surface area contributed by atoms with E-state index in [2.05, 4.69) is 36.9 Å². The first-order valence-corrected chi connectivity index (χ1v) is 6.89. The zero-order valence-corrected chi connectivity index (χ0v) is 11.3. The van der Waals surface area contributed by atoms with E-state index in [0.29, 0.717) is 0 Å². The Labute approximate surface area is 116 Å². The second-order valence-electron chi connectivity index (χ2n) is 4.05. The van der Waals surface area contributed by atoms with Gasteiger partial charge in [0.05, 0.1) is 0 Å². The van der Waals surface area contributed by atoms with Gasteiger partial charge >= 0.3 is 0 Å². The Balaban J connectivity index is 2.28. The van der Waals surface area contributed by atoms with Gasteiger partial charge in [-0.15, -0.1) is 0 Å². The van der Waals surface area contributed by atoms with Gasteiger partial charge in [-0.25, -0.2) is 0 Å². The van der Waals surface area contributed by atoms with Crippen LogP contribution in [0.15, 0.2) is 71.0 Å². The van der Waals surface area contributed by atoms with E-state index in [9.17, 15) is 0 Å². The first kappa shape index (κ1) is 11.6. The number of benzene rings is 2. The van der Waals surface area contributed by atoms with Crippen molar-refractivity contribution in [3.05, 3.63) is 77.3 Å². The van der Waals surface area contributed by atoms with E-state index in [4.69, 9.17) is 11.6 Å². The molecule has 0 fully saturated rings. The van der Waals surface area contributed by atoms with E-state index < -0.39 is 0 Å². The summed E-state index contributed by atoms with van der Waals surface area (Å²) in [7, 11) is 0. The van der Waals surface area contributed by atoms with Crippen molar-refractivity contribution in [3.8, 4) is 0 Å². The first-order valence-electron chi connectivity index (χ1n) is 5.69. The number of fused-ring (bicyclic) bond motifs is 2. The highest BCUT2D eigenvalue weighted by atomic mass is 35.5. The van der Waals surface area contributed by atoms with E-state index in [1.807, 2.05) is 24.3 Å². The van der Waals surface area contributed by atoms with Crippen molar-refractivity contribution in [2.75, 3.05) is 0 Å². The van der Waals surface area contributed by atoms with Crippen LogP contribution in [0.3, 0.4) is 0 Å². The molecule has 2 aromatic rings. The minimum atomic E-state index is 0.767. The summed E-state index contributed by atoms with van der Waals surface area (Å²) in [5.74, 6) is 0. The smallest absolute Gasteiger partial charge is 0.0412 e. The summed E-state index contributed by atoms with van der Waals surface area (Å²) < 4.78 is 0. The minimum absolute atomic E-state index is 0.767. The summed E-state index contributed by atoms with van der Waals surface area (Å²) in [4.78, 5) is 2.52. The van der Waals surface area contributed by atoms with Crippen LogP contribution in [0.1, 0.15) is 11.1 Å². The van der Waals surface area contributed by atoms with E-state index in [0.717, 1.165) is 5.02 Å². The van der Waals surface area contributed by atoms with Crippen LogP contribution in [0.25, 0.3) is 5.57 Å². The Kier molecular flexibility index (Phi) is 3.02. The van der Waals surface area contributed by atoms with Crippen molar-refractivity contribution in [3.63, 3.8) is 0 Å². The van der Waals surface area contributed by atoms with Gasteiger partial charge in [-0.3, -0.25) is 0 Å². The van der Waals surface area contributed by atoms with Crippen LogP contribution in [-0.2, 0) is 0 Å². The Morgan fingerprint density at radius 2 is 1.78 bits per heavy atom. The maximum atomic E-state index is 6.11. The van der Waals surface area contributed by atoms with E-state index >= 15 is 0 Å². The van der Waals surface area contributed by atoms with Gasteiger partial charge in [0.15, 0.2) is 0 Å². The van der Waals surface area contributed by atoms with Crippen molar-refractivity contribution in [1.29, 1.82) is 0 Å². The summed E-state index contributed by atoms with van der Waals surface area (Å²) in [6, 6.07) is 14.5. The number of halogens is 1. The van der Waals surface area contributed by atoms with Crippen molar-refractivity contribution < 1.29 is 0 Å². The van der Waals surface area contributed by atoms with Crippen LogP contribution in [0.2, 0.25) is 5.02 Å². The lowest BCUT2D eigenvalue weighted by Crippen LogP contribution is -1.98. The van der Waals surface area contributed by atoms with E-state index in [-0.39, 0.29) is 0 Å². The fourth-order valence-corrected chi connectivity index (χ4v) is 3.40. The quantitative estimate of drug-likeness (QED) is 0.569. The van der Waals surface area contributed by atoms with Gasteiger partial charge in [0.25, 0.3) is 0 Å². The highest BCUT2D eigenvalue weighted by molar-refractivity contribution is 7.99. The average Bonchev–Trinajstić information content (AvgIpc) is 2.39. The third-order valence-corrected chi connectivity index (χ3v) is 4.30. The molecule has 0 atom stereocenters. The molecule has 1 heterocycles. The molecule has 0 saturated carbocycles. The summed E-state index contributed by atoms with van der Waals surface area (Å²) in [6.07, 6.45) is 3.88. The zero-order chi connectivity index (χ0) is 12.5. The molecule has 0 radical (unpaired) electrons. The molecular weight excluding hydrogens is 260 g/mol. The van der Waals surface area contributed by atoms with Crippen LogP contribution in [0.5, 0.6) is 0 Å². The topological polar surface area (TPSA) is 0 Å². The van der Waals surface area contributed by atoms with Crippen LogP contribution in [0, 0.1) is 0 Å². The van der Waals surface area contributed by atoms with Crippen LogP contribution in [0.4, 0.5) is 0 Å². The second-order valence-corrected chi connectivity index (χ2v) is 5.57. The Morgan fingerprint density at radius 3 is 2.61 bits per heavy atom. The van der Waals surface area contributed by atoms with Crippen LogP contribution in [-0.4, -0.2) is 0 Å². The van der Waals surface area contributed by atoms with Gasteiger partial charge in [-0.1, -0.05) is 60.3 Å². The van der Waals surface area contributed by atoms with Crippen LogP contribution >= 0.6 is 23.4 Å². The molecule has 0 nitrogen and oxygen atoms in total. The molecule has 88 valence electrons. The molecule has 0 N–H and O–H groups in total. The maximum absolute atomic E-state index is 6.11.